The maximum absolute atomic E-state index is 12.7. The van der Waals surface area contributed by atoms with Gasteiger partial charge in [-0.2, -0.15) is 13.2 Å². The zero-order valence-electron chi connectivity index (χ0n) is 11.0. The number of nitrogens with one attached hydrogen (secondary N) is 2. The monoisotopic (exact) mass is 299 g/mol. The highest BCUT2D eigenvalue weighted by Crippen LogP contribution is 2.32. The van der Waals surface area contributed by atoms with Gasteiger partial charge in [-0.3, -0.25) is 4.79 Å². The van der Waals surface area contributed by atoms with Crippen molar-refractivity contribution < 1.29 is 22.5 Å². The Bertz CT molecular complexity index is 624. The quantitative estimate of drug-likeness (QED) is 0.908. The smallest absolute Gasteiger partial charge is 0.385 e. The van der Waals surface area contributed by atoms with Crippen LogP contribution in [0.25, 0.3) is 0 Å². The number of benzene rings is 1. The normalized spacial score (nSPS) is 11.2. The summed E-state index contributed by atoms with van der Waals surface area (Å²) in [4.78, 5) is 12.1. The van der Waals surface area contributed by atoms with Gasteiger partial charge in [-0.1, -0.05) is 5.16 Å². The standard InChI is InChI=1S/C13H12F3N3O2/c1-2-17-10-4-3-8(13(14,15)16)7-9(10)12(20)18-11-5-6-21-19-11/h3-7,17H,2H2,1H3,(H,18,19,20). The minimum atomic E-state index is -4.52. The third-order valence-electron chi connectivity index (χ3n) is 2.64. The average Bonchev–Trinajstić information content (AvgIpc) is 2.91. The molecular weight excluding hydrogens is 287 g/mol. The van der Waals surface area contributed by atoms with Crippen LogP contribution in [0.1, 0.15) is 22.8 Å². The summed E-state index contributed by atoms with van der Waals surface area (Å²) in [5, 5.41) is 8.69. The number of aromatic nitrogens is 1. The van der Waals surface area contributed by atoms with Crippen molar-refractivity contribution in [1.82, 2.24) is 5.16 Å². The molecule has 0 atom stereocenters. The molecule has 0 saturated heterocycles. The number of hydrogen-bond acceptors (Lipinski definition) is 4. The maximum atomic E-state index is 12.7. The van der Waals surface area contributed by atoms with Gasteiger partial charge in [0.05, 0.1) is 11.1 Å². The number of alkyl halides is 3. The van der Waals surface area contributed by atoms with Crippen molar-refractivity contribution >= 4 is 17.4 Å². The molecule has 2 aromatic rings. The lowest BCUT2D eigenvalue weighted by atomic mass is 10.1. The van der Waals surface area contributed by atoms with Gasteiger partial charge in [0.1, 0.15) is 6.26 Å². The van der Waals surface area contributed by atoms with Crippen LogP contribution in [-0.2, 0) is 6.18 Å². The van der Waals surface area contributed by atoms with Gasteiger partial charge in [0.25, 0.3) is 5.91 Å². The van der Waals surface area contributed by atoms with Crippen molar-refractivity contribution in [2.45, 2.75) is 13.1 Å². The third-order valence-corrected chi connectivity index (χ3v) is 2.64. The average molecular weight is 299 g/mol. The first-order chi connectivity index (χ1) is 9.91. The van der Waals surface area contributed by atoms with Gasteiger partial charge in [-0.15, -0.1) is 0 Å². The Morgan fingerprint density at radius 3 is 2.67 bits per heavy atom. The number of carbonyl (C=O) groups excluding carboxylic acids is 1. The number of amides is 1. The van der Waals surface area contributed by atoms with E-state index >= 15 is 0 Å². The molecule has 0 aliphatic rings. The van der Waals surface area contributed by atoms with Gasteiger partial charge in [0.2, 0.25) is 0 Å². The molecule has 1 aromatic heterocycles. The molecule has 1 heterocycles. The van der Waals surface area contributed by atoms with Crippen molar-refractivity contribution in [2.75, 3.05) is 17.2 Å². The molecule has 2 rings (SSSR count). The fourth-order valence-electron chi connectivity index (χ4n) is 1.71. The van der Waals surface area contributed by atoms with E-state index in [1.54, 1.807) is 6.92 Å². The molecule has 0 aliphatic carbocycles. The molecule has 0 saturated carbocycles. The fourth-order valence-corrected chi connectivity index (χ4v) is 1.71. The molecule has 21 heavy (non-hydrogen) atoms. The van der Waals surface area contributed by atoms with Gasteiger partial charge in [0.15, 0.2) is 5.82 Å². The Labute approximate surface area is 118 Å². The van der Waals surface area contributed by atoms with E-state index in [0.717, 1.165) is 12.1 Å². The predicted octanol–water partition coefficient (Wildman–Crippen LogP) is 3.38. The molecule has 5 nitrogen and oxygen atoms in total. The highest BCUT2D eigenvalue weighted by Gasteiger charge is 2.31. The molecule has 1 amide bonds. The van der Waals surface area contributed by atoms with E-state index in [-0.39, 0.29) is 11.4 Å². The maximum Gasteiger partial charge on any atom is 0.416 e. The van der Waals surface area contributed by atoms with E-state index in [1.807, 2.05) is 0 Å². The van der Waals surface area contributed by atoms with Crippen LogP contribution < -0.4 is 10.6 Å². The minimum Gasteiger partial charge on any atom is -0.385 e. The number of hydrogen-bond donors (Lipinski definition) is 2. The zero-order chi connectivity index (χ0) is 15.5. The van der Waals surface area contributed by atoms with Crippen LogP contribution in [0.5, 0.6) is 0 Å². The minimum absolute atomic E-state index is 0.116. The Balaban J connectivity index is 2.35. The van der Waals surface area contributed by atoms with Gasteiger partial charge in [-0.05, 0) is 25.1 Å². The molecule has 112 valence electrons. The lowest BCUT2D eigenvalue weighted by Gasteiger charge is -2.13. The van der Waals surface area contributed by atoms with Gasteiger partial charge in [-0.25, -0.2) is 0 Å². The molecule has 0 bridgehead atoms. The lowest BCUT2D eigenvalue weighted by molar-refractivity contribution is -0.137. The second-order valence-corrected chi connectivity index (χ2v) is 4.13. The molecule has 0 aliphatic heterocycles. The molecule has 8 heteroatoms. The molecule has 0 fully saturated rings. The number of carbonyl (C=O) groups is 1. The summed E-state index contributed by atoms with van der Waals surface area (Å²) < 4.78 is 42.8. The van der Waals surface area contributed by atoms with Crippen molar-refractivity contribution in [3.05, 3.63) is 41.7 Å². The molecule has 0 radical (unpaired) electrons. The van der Waals surface area contributed by atoms with Crippen molar-refractivity contribution in [3.63, 3.8) is 0 Å². The Hall–Kier alpha value is -2.51. The summed E-state index contributed by atoms with van der Waals surface area (Å²) >= 11 is 0. The molecule has 0 spiro atoms. The number of anilines is 2. The van der Waals surface area contributed by atoms with Crippen LogP contribution in [0.15, 0.2) is 35.1 Å². The zero-order valence-corrected chi connectivity index (χ0v) is 11.0. The van der Waals surface area contributed by atoms with Crippen LogP contribution in [-0.4, -0.2) is 17.6 Å². The summed E-state index contributed by atoms with van der Waals surface area (Å²) in [7, 11) is 0. The van der Waals surface area contributed by atoms with Crippen molar-refractivity contribution in [1.29, 1.82) is 0 Å². The predicted molar refractivity (Wildman–Crippen MR) is 70.1 cm³/mol. The van der Waals surface area contributed by atoms with Crippen LogP contribution in [0, 0.1) is 0 Å². The summed E-state index contributed by atoms with van der Waals surface area (Å²) in [6.07, 6.45) is -3.28. The van der Waals surface area contributed by atoms with E-state index in [0.29, 0.717) is 12.2 Å². The molecule has 1 aromatic carbocycles. The van der Waals surface area contributed by atoms with Gasteiger partial charge in [0, 0.05) is 18.3 Å². The Morgan fingerprint density at radius 2 is 2.10 bits per heavy atom. The van der Waals surface area contributed by atoms with Crippen molar-refractivity contribution in [3.8, 4) is 0 Å². The summed E-state index contributed by atoms with van der Waals surface area (Å²) in [5.74, 6) is -0.578. The topological polar surface area (TPSA) is 67.2 Å². The largest absolute Gasteiger partial charge is 0.416 e. The van der Waals surface area contributed by atoms with Crippen LogP contribution >= 0.6 is 0 Å². The van der Waals surface area contributed by atoms with Gasteiger partial charge >= 0.3 is 6.18 Å². The van der Waals surface area contributed by atoms with E-state index < -0.39 is 17.6 Å². The number of nitrogens with zero attached hydrogens (tertiary/aromatic N) is 1. The number of halogens is 3. The second-order valence-electron chi connectivity index (χ2n) is 4.13. The van der Waals surface area contributed by atoms with E-state index in [9.17, 15) is 18.0 Å². The lowest BCUT2D eigenvalue weighted by Crippen LogP contribution is -2.17. The molecule has 2 N–H and O–H groups in total. The molecule has 0 unspecified atom stereocenters. The van der Waals surface area contributed by atoms with Crippen LogP contribution in [0.3, 0.4) is 0 Å². The van der Waals surface area contributed by atoms with Gasteiger partial charge < -0.3 is 15.2 Å². The Kier molecular flexibility index (Phi) is 4.15. The third kappa shape index (κ3) is 3.53. The first-order valence-corrected chi connectivity index (χ1v) is 6.08. The van der Waals surface area contributed by atoms with E-state index in [2.05, 4.69) is 20.3 Å². The van der Waals surface area contributed by atoms with Crippen LogP contribution in [0.2, 0.25) is 0 Å². The van der Waals surface area contributed by atoms with Crippen LogP contribution in [0.4, 0.5) is 24.7 Å². The first-order valence-electron chi connectivity index (χ1n) is 6.08. The highest BCUT2D eigenvalue weighted by atomic mass is 19.4. The van der Waals surface area contributed by atoms with E-state index in [4.69, 9.17) is 0 Å². The van der Waals surface area contributed by atoms with E-state index in [1.165, 1.54) is 18.4 Å². The summed E-state index contributed by atoms with van der Waals surface area (Å²) in [5.41, 5.74) is -0.698. The second kappa shape index (κ2) is 5.86. The van der Waals surface area contributed by atoms with Crippen molar-refractivity contribution in [2.24, 2.45) is 0 Å². The Morgan fingerprint density at radius 1 is 1.33 bits per heavy atom. The highest BCUT2D eigenvalue weighted by molar-refractivity contribution is 6.07. The fraction of sp³-hybridized carbons (Fsp3) is 0.231. The summed E-state index contributed by atoms with van der Waals surface area (Å²) in [6, 6.07) is 4.33. The molecular formula is C13H12F3N3O2. The summed E-state index contributed by atoms with van der Waals surface area (Å²) in [6.45, 7) is 2.24. The first kappa shape index (κ1) is 14.9. The number of rotatable bonds is 4. The SMILES string of the molecule is CCNc1ccc(C(F)(F)F)cc1C(=O)Nc1ccon1.